The third-order valence-electron chi connectivity index (χ3n) is 5.06. The number of imidazole rings is 1. The predicted octanol–water partition coefficient (Wildman–Crippen LogP) is 2.40. The van der Waals surface area contributed by atoms with E-state index in [1.54, 1.807) is 6.20 Å². The number of aliphatic hydroxyl groups excluding tert-OH is 1. The van der Waals surface area contributed by atoms with Crippen molar-refractivity contribution in [2.24, 2.45) is 5.92 Å². The molecule has 0 amide bonds. The fraction of sp³-hybridized carbons (Fsp3) is 0.294. The SMILES string of the molecule is O[C@H]1c2ccnn2CC[C@@H]1[C@@H]1c2ccccc2-c2cncn21. The maximum atomic E-state index is 10.9. The Balaban J connectivity index is 1.65. The van der Waals surface area contributed by atoms with Gasteiger partial charge in [0.25, 0.3) is 0 Å². The summed E-state index contributed by atoms with van der Waals surface area (Å²) in [7, 11) is 0. The van der Waals surface area contributed by atoms with E-state index in [-0.39, 0.29) is 12.0 Å². The molecule has 110 valence electrons. The van der Waals surface area contributed by atoms with Crippen LogP contribution in [0.2, 0.25) is 0 Å². The summed E-state index contributed by atoms with van der Waals surface area (Å²) >= 11 is 0. The molecule has 5 heteroatoms. The van der Waals surface area contributed by atoms with Crippen molar-refractivity contribution in [2.75, 3.05) is 0 Å². The van der Waals surface area contributed by atoms with Crippen molar-refractivity contribution in [3.05, 3.63) is 60.3 Å². The fourth-order valence-corrected chi connectivity index (χ4v) is 4.07. The van der Waals surface area contributed by atoms with Crippen LogP contribution in [0.5, 0.6) is 0 Å². The molecule has 4 heterocycles. The van der Waals surface area contributed by atoms with E-state index < -0.39 is 6.10 Å². The summed E-state index contributed by atoms with van der Waals surface area (Å²) in [6.45, 7) is 0.854. The number of fused-ring (bicyclic) bond motifs is 4. The van der Waals surface area contributed by atoms with Gasteiger partial charge in [-0.05, 0) is 18.1 Å². The molecule has 22 heavy (non-hydrogen) atoms. The quantitative estimate of drug-likeness (QED) is 0.749. The van der Waals surface area contributed by atoms with Crippen LogP contribution in [-0.4, -0.2) is 24.4 Å². The van der Waals surface area contributed by atoms with Gasteiger partial charge in [-0.15, -0.1) is 0 Å². The van der Waals surface area contributed by atoms with Gasteiger partial charge in [0.15, 0.2) is 0 Å². The van der Waals surface area contributed by atoms with Crippen LogP contribution in [0.15, 0.2) is 49.1 Å². The number of hydrogen-bond donors (Lipinski definition) is 1. The van der Waals surface area contributed by atoms with Crippen LogP contribution in [0.3, 0.4) is 0 Å². The van der Waals surface area contributed by atoms with E-state index >= 15 is 0 Å². The lowest BCUT2D eigenvalue weighted by molar-refractivity contribution is 0.0525. The van der Waals surface area contributed by atoms with Crippen molar-refractivity contribution < 1.29 is 5.11 Å². The van der Waals surface area contributed by atoms with Crippen molar-refractivity contribution in [3.63, 3.8) is 0 Å². The molecule has 0 saturated carbocycles. The molecule has 0 bridgehead atoms. The van der Waals surface area contributed by atoms with Crippen LogP contribution in [0.25, 0.3) is 11.3 Å². The Morgan fingerprint density at radius 1 is 1.18 bits per heavy atom. The number of aryl methyl sites for hydroxylation is 1. The summed E-state index contributed by atoms with van der Waals surface area (Å²) in [5, 5.41) is 15.1. The van der Waals surface area contributed by atoms with Crippen LogP contribution in [-0.2, 0) is 6.54 Å². The van der Waals surface area contributed by atoms with Crippen molar-refractivity contribution in [1.82, 2.24) is 19.3 Å². The van der Waals surface area contributed by atoms with E-state index in [1.807, 2.05) is 23.3 Å². The molecule has 0 saturated heterocycles. The van der Waals surface area contributed by atoms with Crippen molar-refractivity contribution in [3.8, 4) is 11.3 Å². The van der Waals surface area contributed by atoms with Gasteiger partial charge in [-0.1, -0.05) is 24.3 Å². The van der Waals surface area contributed by atoms with Gasteiger partial charge in [0.2, 0.25) is 0 Å². The molecular weight excluding hydrogens is 276 g/mol. The molecular formula is C17H16N4O. The highest BCUT2D eigenvalue weighted by Crippen LogP contribution is 2.48. The highest BCUT2D eigenvalue weighted by molar-refractivity contribution is 5.69. The average molecular weight is 292 g/mol. The summed E-state index contributed by atoms with van der Waals surface area (Å²) in [6, 6.07) is 10.5. The first-order chi connectivity index (χ1) is 10.8. The third-order valence-corrected chi connectivity index (χ3v) is 5.06. The van der Waals surface area contributed by atoms with E-state index in [0.29, 0.717) is 0 Å². The second-order valence-corrected chi connectivity index (χ2v) is 6.09. The van der Waals surface area contributed by atoms with E-state index in [1.165, 1.54) is 11.1 Å². The summed E-state index contributed by atoms with van der Waals surface area (Å²) in [6.07, 6.45) is 5.98. The highest BCUT2D eigenvalue weighted by Gasteiger charge is 2.40. The monoisotopic (exact) mass is 292 g/mol. The van der Waals surface area contributed by atoms with Gasteiger partial charge in [-0.3, -0.25) is 4.68 Å². The number of aromatic nitrogens is 4. The van der Waals surface area contributed by atoms with Crippen molar-refractivity contribution in [1.29, 1.82) is 0 Å². The summed E-state index contributed by atoms with van der Waals surface area (Å²) in [4.78, 5) is 4.31. The zero-order chi connectivity index (χ0) is 14.7. The molecule has 3 atom stereocenters. The number of aliphatic hydroxyl groups is 1. The first-order valence-corrected chi connectivity index (χ1v) is 7.65. The second-order valence-electron chi connectivity index (χ2n) is 6.09. The van der Waals surface area contributed by atoms with Gasteiger partial charge < -0.3 is 9.67 Å². The van der Waals surface area contributed by atoms with Crippen molar-refractivity contribution >= 4 is 0 Å². The zero-order valence-electron chi connectivity index (χ0n) is 12.0. The number of benzene rings is 1. The van der Waals surface area contributed by atoms with Gasteiger partial charge in [-0.25, -0.2) is 4.98 Å². The van der Waals surface area contributed by atoms with E-state index in [9.17, 15) is 5.11 Å². The molecule has 0 spiro atoms. The first-order valence-electron chi connectivity index (χ1n) is 7.65. The van der Waals surface area contributed by atoms with Gasteiger partial charge in [0.05, 0.1) is 30.0 Å². The van der Waals surface area contributed by atoms with Crippen LogP contribution >= 0.6 is 0 Å². The van der Waals surface area contributed by atoms with E-state index in [0.717, 1.165) is 24.4 Å². The lowest BCUT2D eigenvalue weighted by atomic mass is 9.83. The molecule has 3 aromatic rings. The molecule has 2 aromatic heterocycles. The minimum atomic E-state index is -0.498. The third kappa shape index (κ3) is 1.46. The molecule has 0 fully saturated rings. The summed E-state index contributed by atoms with van der Waals surface area (Å²) < 4.78 is 4.13. The van der Waals surface area contributed by atoms with Gasteiger partial charge in [0.1, 0.15) is 6.10 Å². The average Bonchev–Trinajstić information content (AvgIpc) is 3.23. The molecule has 1 N–H and O–H groups in total. The lowest BCUT2D eigenvalue weighted by Crippen LogP contribution is -2.31. The minimum absolute atomic E-state index is 0.140. The standard InChI is InChI=1S/C17H16N4O/c22-17-13(6-8-21-14(17)5-7-19-21)16-12-4-2-1-3-11(12)15-9-18-10-20(15)16/h1-5,7,9-10,13,16-17,22H,6,8H2/t13-,16+,17-/m1/s1. The Hall–Kier alpha value is -2.40. The van der Waals surface area contributed by atoms with E-state index in [2.05, 4.69) is 38.9 Å². The minimum Gasteiger partial charge on any atom is -0.386 e. The summed E-state index contributed by atoms with van der Waals surface area (Å²) in [5.74, 6) is 0.140. The second kappa shape index (κ2) is 4.30. The Labute approximate surface area is 127 Å². The van der Waals surface area contributed by atoms with Crippen molar-refractivity contribution in [2.45, 2.75) is 25.1 Å². The molecule has 2 aliphatic rings. The Morgan fingerprint density at radius 2 is 2.09 bits per heavy atom. The maximum Gasteiger partial charge on any atom is 0.101 e. The lowest BCUT2D eigenvalue weighted by Gasteiger charge is -2.34. The predicted molar refractivity (Wildman–Crippen MR) is 81.1 cm³/mol. The fourth-order valence-electron chi connectivity index (χ4n) is 4.07. The van der Waals surface area contributed by atoms with Crippen LogP contribution in [0.4, 0.5) is 0 Å². The number of hydrogen-bond acceptors (Lipinski definition) is 3. The largest absolute Gasteiger partial charge is 0.386 e. The molecule has 0 radical (unpaired) electrons. The van der Waals surface area contributed by atoms with Gasteiger partial charge in [-0.2, -0.15) is 5.10 Å². The van der Waals surface area contributed by atoms with Crippen LogP contribution < -0.4 is 0 Å². The maximum absolute atomic E-state index is 10.9. The smallest absolute Gasteiger partial charge is 0.101 e. The van der Waals surface area contributed by atoms with Crippen LogP contribution in [0.1, 0.15) is 29.8 Å². The van der Waals surface area contributed by atoms with Crippen LogP contribution in [0, 0.1) is 5.92 Å². The molecule has 5 nitrogen and oxygen atoms in total. The Morgan fingerprint density at radius 3 is 3.05 bits per heavy atom. The molecule has 2 aliphatic heterocycles. The Bertz CT molecular complexity index is 850. The molecule has 0 aliphatic carbocycles. The molecule has 0 unspecified atom stereocenters. The van der Waals surface area contributed by atoms with E-state index in [4.69, 9.17) is 0 Å². The molecule has 5 rings (SSSR count). The molecule has 1 aromatic carbocycles. The Kier molecular flexibility index (Phi) is 2.38. The van der Waals surface area contributed by atoms with Gasteiger partial charge >= 0.3 is 0 Å². The highest BCUT2D eigenvalue weighted by atomic mass is 16.3. The topological polar surface area (TPSA) is 55.9 Å². The first kappa shape index (κ1) is 12.2. The number of nitrogens with zero attached hydrogens (tertiary/aromatic N) is 4. The zero-order valence-corrected chi connectivity index (χ0v) is 12.0. The normalized spacial score (nSPS) is 25.6. The van der Waals surface area contributed by atoms with Gasteiger partial charge in [0, 0.05) is 24.2 Å². The number of rotatable bonds is 1. The summed E-state index contributed by atoms with van der Waals surface area (Å²) in [5.41, 5.74) is 4.59.